The summed E-state index contributed by atoms with van der Waals surface area (Å²) in [5, 5.41) is 3.07. The molecular formula is C21H23N3OS. The molecule has 26 heavy (non-hydrogen) atoms. The topological polar surface area (TPSA) is 49.0 Å². The SMILES string of the molecule is Cc1nc(-c2c[nH]c(C(=O)N3CCCC3CCc3ccccc3)c2)cs1. The van der Waals surface area contributed by atoms with Crippen LogP contribution < -0.4 is 0 Å². The van der Waals surface area contributed by atoms with Crippen LogP contribution in [0.15, 0.2) is 48.0 Å². The Bertz CT molecular complexity index is 884. The number of amides is 1. The summed E-state index contributed by atoms with van der Waals surface area (Å²) in [7, 11) is 0. The molecule has 134 valence electrons. The normalized spacial score (nSPS) is 17.0. The Hall–Kier alpha value is -2.40. The van der Waals surface area contributed by atoms with Gasteiger partial charge in [-0.2, -0.15) is 0 Å². The lowest BCUT2D eigenvalue weighted by Crippen LogP contribution is -2.36. The lowest BCUT2D eigenvalue weighted by molar-refractivity contribution is 0.0725. The number of nitrogens with one attached hydrogen (secondary N) is 1. The van der Waals surface area contributed by atoms with Crippen LogP contribution in [0.3, 0.4) is 0 Å². The number of likely N-dealkylation sites (tertiary alicyclic amines) is 1. The van der Waals surface area contributed by atoms with E-state index in [-0.39, 0.29) is 5.91 Å². The summed E-state index contributed by atoms with van der Waals surface area (Å²) < 4.78 is 0. The molecule has 4 rings (SSSR count). The van der Waals surface area contributed by atoms with E-state index in [1.54, 1.807) is 11.3 Å². The van der Waals surface area contributed by atoms with Crippen molar-refractivity contribution in [1.82, 2.24) is 14.9 Å². The monoisotopic (exact) mass is 365 g/mol. The van der Waals surface area contributed by atoms with Crippen molar-refractivity contribution in [3.05, 3.63) is 64.2 Å². The first-order valence-corrected chi connectivity index (χ1v) is 10.0. The van der Waals surface area contributed by atoms with Gasteiger partial charge in [0.25, 0.3) is 5.91 Å². The lowest BCUT2D eigenvalue weighted by atomic mass is 10.0. The largest absolute Gasteiger partial charge is 0.357 e. The summed E-state index contributed by atoms with van der Waals surface area (Å²) in [4.78, 5) is 22.7. The van der Waals surface area contributed by atoms with Gasteiger partial charge in [0.1, 0.15) is 5.69 Å². The predicted octanol–water partition coefficient (Wildman–Crippen LogP) is 4.68. The molecule has 1 saturated heterocycles. The zero-order valence-electron chi connectivity index (χ0n) is 14.9. The predicted molar refractivity (Wildman–Crippen MR) is 105 cm³/mol. The van der Waals surface area contributed by atoms with Crippen LogP contribution in [0.5, 0.6) is 0 Å². The van der Waals surface area contributed by atoms with Crippen molar-refractivity contribution in [2.24, 2.45) is 0 Å². The Labute approximate surface area is 157 Å². The van der Waals surface area contributed by atoms with Crippen LogP contribution in [-0.2, 0) is 6.42 Å². The van der Waals surface area contributed by atoms with Crippen molar-refractivity contribution in [3.8, 4) is 11.3 Å². The highest BCUT2D eigenvalue weighted by atomic mass is 32.1. The number of carbonyl (C=O) groups is 1. The van der Waals surface area contributed by atoms with Crippen molar-refractivity contribution in [3.63, 3.8) is 0 Å². The highest BCUT2D eigenvalue weighted by Crippen LogP contribution is 2.26. The summed E-state index contributed by atoms with van der Waals surface area (Å²) in [6.45, 7) is 2.84. The summed E-state index contributed by atoms with van der Waals surface area (Å²) >= 11 is 1.63. The van der Waals surface area contributed by atoms with Crippen molar-refractivity contribution in [2.75, 3.05) is 6.54 Å². The number of aromatic amines is 1. The van der Waals surface area contributed by atoms with Crippen LogP contribution >= 0.6 is 11.3 Å². The first kappa shape index (κ1) is 17.0. The van der Waals surface area contributed by atoms with Crippen molar-refractivity contribution in [2.45, 2.75) is 38.6 Å². The smallest absolute Gasteiger partial charge is 0.270 e. The van der Waals surface area contributed by atoms with Crippen LogP contribution in [0, 0.1) is 6.92 Å². The van der Waals surface area contributed by atoms with Crippen LogP contribution in [0.4, 0.5) is 0 Å². The fourth-order valence-corrected chi connectivity index (χ4v) is 4.32. The van der Waals surface area contributed by atoms with Crippen molar-refractivity contribution >= 4 is 17.2 Å². The van der Waals surface area contributed by atoms with Crippen LogP contribution in [0.25, 0.3) is 11.3 Å². The minimum atomic E-state index is 0.110. The van der Waals surface area contributed by atoms with E-state index in [4.69, 9.17) is 0 Å². The third-order valence-electron chi connectivity index (χ3n) is 5.08. The Morgan fingerprint density at radius 3 is 2.96 bits per heavy atom. The molecule has 1 aliphatic rings. The van der Waals surface area contributed by atoms with Gasteiger partial charge in [-0.1, -0.05) is 30.3 Å². The molecule has 3 heterocycles. The zero-order chi connectivity index (χ0) is 17.9. The number of H-pyrrole nitrogens is 1. The average Bonchev–Trinajstić information content (AvgIpc) is 3.40. The van der Waals surface area contributed by atoms with Crippen LogP contribution in [0.1, 0.15) is 40.3 Å². The van der Waals surface area contributed by atoms with Gasteiger partial charge in [0.05, 0.1) is 10.7 Å². The maximum Gasteiger partial charge on any atom is 0.270 e. The molecular weight excluding hydrogens is 342 g/mol. The van der Waals surface area contributed by atoms with Crippen molar-refractivity contribution < 1.29 is 4.79 Å². The fraction of sp³-hybridized carbons (Fsp3) is 0.333. The summed E-state index contributed by atoms with van der Waals surface area (Å²) in [5.74, 6) is 0.110. The molecule has 1 N–H and O–H groups in total. The number of thiazole rings is 1. The maximum absolute atomic E-state index is 13.0. The molecule has 0 aliphatic carbocycles. The number of benzene rings is 1. The molecule has 1 fully saturated rings. The Morgan fingerprint density at radius 2 is 2.19 bits per heavy atom. The van der Waals surface area contributed by atoms with Gasteiger partial charge in [0, 0.05) is 29.7 Å². The minimum absolute atomic E-state index is 0.110. The van der Waals surface area contributed by atoms with E-state index in [1.807, 2.05) is 35.5 Å². The molecule has 1 unspecified atom stereocenters. The van der Waals surface area contributed by atoms with E-state index in [0.29, 0.717) is 11.7 Å². The summed E-state index contributed by atoms with van der Waals surface area (Å²) in [6.07, 6.45) is 6.11. The highest BCUT2D eigenvalue weighted by Gasteiger charge is 2.29. The number of rotatable bonds is 5. The Balaban J connectivity index is 1.44. The quantitative estimate of drug-likeness (QED) is 0.713. The first-order chi connectivity index (χ1) is 12.7. The minimum Gasteiger partial charge on any atom is -0.357 e. The summed E-state index contributed by atoms with van der Waals surface area (Å²) in [6, 6.07) is 12.8. The molecule has 4 nitrogen and oxygen atoms in total. The average molecular weight is 366 g/mol. The van der Waals surface area contributed by atoms with Gasteiger partial charge in [0.2, 0.25) is 0 Å². The van der Waals surface area contributed by atoms with Gasteiger partial charge < -0.3 is 9.88 Å². The second kappa shape index (κ2) is 7.46. The van der Waals surface area contributed by atoms with Gasteiger partial charge in [-0.3, -0.25) is 4.79 Å². The molecule has 0 spiro atoms. The van der Waals surface area contributed by atoms with E-state index in [1.165, 1.54) is 5.56 Å². The molecule has 1 aliphatic heterocycles. The third-order valence-corrected chi connectivity index (χ3v) is 5.85. The second-order valence-electron chi connectivity index (χ2n) is 6.87. The van der Waals surface area contributed by atoms with Crippen LogP contribution in [-0.4, -0.2) is 33.4 Å². The van der Waals surface area contributed by atoms with Crippen molar-refractivity contribution in [1.29, 1.82) is 0 Å². The highest BCUT2D eigenvalue weighted by molar-refractivity contribution is 7.09. The third kappa shape index (κ3) is 3.58. The molecule has 1 atom stereocenters. The number of hydrogen-bond acceptors (Lipinski definition) is 3. The molecule has 0 saturated carbocycles. The van der Waals surface area contributed by atoms with Gasteiger partial charge >= 0.3 is 0 Å². The van der Waals surface area contributed by atoms with Gasteiger partial charge in [0.15, 0.2) is 0 Å². The molecule has 3 aromatic rings. The van der Waals surface area contributed by atoms with E-state index in [0.717, 1.165) is 48.5 Å². The maximum atomic E-state index is 13.0. The zero-order valence-corrected chi connectivity index (χ0v) is 15.8. The standard InChI is InChI=1S/C21H23N3OS/c1-15-23-20(14-26-15)17-12-19(22-13-17)21(25)24-11-5-8-18(24)10-9-16-6-3-2-4-7-16/h2-4,6-7,12-14,18,22H,5,8-11H2,1H3. The molecule has 2 aromatic heterocycles. The fourth-order valence-electron chi connectivity index (χ4n) is 3.70. The Morgan fingerprint density at radius 1 is 1.35 bits per heavy atom. The van der Waals surface area contributed by atoms with Gasteiger partial charge in [-0.05, 0) is 44.2 Å². The van der Waals surface area contributed by atoms with Gasteiger partial charge in [-0.25, -0.2) is 4.98 Å². The van der Waals surface area contributed by atoms with E-state index in [9.17, 15) is 4.79 Å². The number of nitrogens with zero attached hydrogens (tertiary/aromatic N) is 2. The number of hydrogen-bond donors (Lipinski definition) is 1. The number of aryl methyl sites for hydroxylation is 2. The molecule has 0 bridgehead atoms. The van der Waals surface area contributed by atoms with E-state index < -0.39 is 0 Å². The molecule has 5 heteroatoms. The lowest BCUT2D eigenvalue weighted by Gasteiger charge is -2.24. The molecule has 1 amide bonds. The van der Waals surface area contributed by atoms with E-state index >= 15 is 0 Å². The first-order valence-electron chi connectivity index (χ1n) is 9.16. The number of carbonyl (C=O) groups excluding carboxylic acids is 1. The summed E-state index contributed by atoms with van der Waals surface area (Å²) in [5.41, 5.74) is 3.92. The molecule has 1 aromatic carbocycles. The van der Waals surface area contributed by atoms with E-state index in [2.05, 4.69) is 34.2 Å². The Kier molecular flexibility index (Phi) is 4.89. The molecule has 0 radical (unpaired) electrons. The van der Waals surface area contributed by atoms with Gasteiger partial charge in [-0.15, -0.1) is 11.3 Å². The van der Waals surface area contributed by atoms with Crippen LogP contribution in [0.2, 0.25) is 0 Å². The second-order valence-corrected chi connectivity index (χ2v) is 7.93. The number of aromatic nitrogens is 2.